The number of imidazole rings is 1. The second-order valence-corrected chi connectivity index (χ2v) is 3.91. The summed E-state index contributed by atoms with van der Waals surface area (Å²) >= 11 is 0. The summed E-state index contributed by atoms with van der Waals surface area (Å²) in [5, 5.41) is 0. The molecule has 0 spiro atoms. The van der Waals surface area contributed by atoms with E-state index in [1.165, 1.54) is 6.92 Å². The zero-order valence-electron chi connectivity index (χ0n) is 11.4. The van der Waals surface area contributed by atoms with Crippen molar-refractivity contribution in [3.8, 4) is 0 Å². The molecule has 0 bridgehead atoms. The lowest BCUT2D eigenvalue weighted by Gasteiger charge is -2.15. The Labute approximate surface area is 118 Å². The molecule has 0 aromatic carbocycles. The van der Waals surface area contributed by atoms with Crippen LogP contribution in [0, 0.1) is 0 Å². The molecule has 10 nitrogen and oxygen atoms in total. The quantitative estimate of drug-likeness (QED) is 0.539. The third-order valence-electron chi connectivity index (χ3n) is 2.43. The molecule has 0 atom stereocenters. The van der Waals surface area contributed by atoms with Crippen molar-refractivity contribution in [1.82, 2.24) is 19.7 Å². The normalized spacial score (nSPS) is 10.6. The number of aromatic nitrogens is 4. The molecule has 0 radical (unpaired) electrons. The maximum absolute atomic E-state index is 11.9. The van der Waals surface area contributed by atoms with Gasteiger partial charge in [0.1, 0.15) is 13.1 Å². The van der Waals surface area contributed by atoms with Crippen molar-refractivity contribution in [2.45, 2.75) is 13.8 Å². The van der Waals surface area contributed by atoms with E-state index in [9.17, 15) is 14.4 Å². The maximum atomic E-state index is 11.9. The first-order chi connectivity index (χ1) is 10.1. The average Bonchev–Trinajstić information content (AvgIpc) is 2.83. The van der Waals surface area contributed by atoms with E-state index >= 15 is 0 Å². The molecular formula is C11H13N5O5. The highest BCUT2D eigenvalue weighted by molar-refractivity contribution is 5.76. The zero-order chi connectivity index (χ0) is 15.4. The summed E-state index contributed by atoms with van der Waals surface area (Å²) in [7, 11) is 0. The number of H-pyrrole nitrogens is 1. The van der Waals surface area contributed by atoms with Gasteiger partial charge < -0.3 is 9.57 Å². The number of anilines is 1. The Bertz CT molecular complexity index is 721. The number of ether oxygens (including phenoxy) is 1. The minimum atomic E-state index is -0.598. The number of aromatic amines is 1. The summed E-state index contributed by atoms with van der Waals surface area (Å²) in [5.41, 5.74) is -0.557. The van der Waals surface area contributed by atoms with Gasteiger partial charge in [0.05, 0.1) is 0 Å². The van der Waals surface area contributed by atoms with Crippen molar-refractivity contribution in [1.29, 1.82) is 0 Å². The molecule has 2 aromatic heterocycles. The van der Waals surface area contributed by atoms with E-state index in [4.69, 9.17) is 9.57 Å². The summed E-state index contributed by atoms with van der Waals surface area (Å²) in [4.78, 5) is 50.1. The maximum Gasteiger partial charge on any atom is 0.330 e. The van der Waals surface area contributed by atoms with E-state index in [2.05, 4.69) is 15.0 Å². The molecule has 10 heteroatoms. The lowest BCUT2D eigenvalue weighted by Crippen LogP contribution is -2.29. The Kier molecular flexibility index (Phi) is 4.28. The van der Waals surface area contributed by atoms with Crippen molar-refractivity contribution in [3.05, 3.63) is 16.7 Å². The predicted molar refractivity (Wildman–Crippen MR) is 70.4 cm³/mol. The molecule has 0 saturated carbocycles. The Balaban J connectivity index is 2.48. The fourth-order valence-corrected chi connectivity index (χ4v) is 1.55. The van der Waals surface area contributed by atoms with E-state index in [-0.39, 0.29) is 23.8 Å². The van der Waals surface area contributed by atoms with Crippen LogP contribution in [0.4, 0.5) is 5.95 Å². The van der Waals surface area contributed by atoms with Crippen LogP contribution in [0.15, 0.2) is 11.1 Å². The smallest absolute Gasteiger partial charge is 0.330 e. The molecule has 2 heterocycles. The standard InChI is InChI=1S/C11H13N5O5/c1-3-20-6-15(5-17)11-13-9-8(10(19)14-11)12-4-16(9)21-7(2)18/h4-5H,3,6H2,1-2H3,(H,13,14,19). The topological polar surface area (TPSA) is 119 Å². The first kappa shape index (κ1) is 14.7. The van der Waals surface area contributed by atoms with E-state index in [0.717, 1.165) is 16.0 Å². The van der Waals surface area contributed by atoms with Crippen LogP contribution in [-0.2, 0) is 14.3 Å². The number of carbonyl (C=O) groups is 2. The minimum Gasteiger partial charge on any atom is -0.361 e. The molecule has 2 rings (SSSR count). The summed E-state index contributed by atoms with van der Waals surface area (Å²) in [5.74, 6) is -0.635. The second-order valence-electron chi connectivity index (χ2n) is 3.91. The Hall–Kier alpha value is -2.75. The van der Waals surface area contributed by atoms with Gasteiger partial charge in [0.2, 0.25) is 18.0 Å². The number of nitrogens with one attached hydrogen (secondary N) is 1. The fourth-order valence-electron chi connectivity index (χ4n) is 1.55. The fraction of sp³-hybridized carbons (Fsp3) is 0.364. The number of carbonyl (C=O) groups excluding carboxylic acids is 2. The molecule has 1 amide bonds. The van der Waals surface area contributed by atoms with E-state index in [1.54, 1.807) is 6.92 Å². The van der Waals surface area contributed by atoms with Gasteiger partial charge >= 0.3 is 5.97 Å². The highest BCUT2D eigenvalue weighted by Gasteiger charge is 2.15. The van der Waals surface area contributed by atoms with E-state index in [0.29, 0.717) is 13.0 Å². The van der Waals surface area contributed by atoms with Crippen molar-refractivity contribution in [3.63, 3.8) is 0 Å². The van der Waals surface area contributed by atoms with Gasteiger partial charge in [0.15, 0.2) is 5.52 Å². The second kappa shape index (κ2) is 6.13. The summed E-state index contributed by atoms with van der Waals surface area (Å²) in [6.45, 7) is 3.28. The van der Waals surface area contributed by atoms with Gasteiger partial charge in [0.25, 0.3) is 5.56 Å². The van der Waals surface area contributed by atoms with Gasteiger partial charge in [0, 0.05) is 13.5 Å². The average molecular weight is 295 g/mol. The van der Waals surface area contributed by atoms with Gasteiger partial charge in [-0.25, -0.2) is 9.78 Å². The zero-order valence-corrected chi connectivity index (χ0v) is 11.4. The molecule has 1 N–H and O–H groups in total. The van der Waals surface area contributed by atoms with Gasteiger partial charge in [-0.3, -0.25) is 19.5 Å². The van der Waals surface area contributed by atoms with Crippen LogP contribution in [0.2, 0.25) is 0 Å². The van der Waals surface area contributed by atoms with E-state index in [1.807, 2.05) is 0 Å². The largest absolute Gasteiger partial charge is 0.361 e. The summed E-state index contributed by atoms with van der Waals surface area (Å²) < 4.78 is 6.05. The predicted octanol–water partition coefficient (Wildman–Crippen LogP) is -0.948. The lowest BCUT2D eigenvalue weighted by molar-refractivity contribution is -0.141. The summed E-state index contributed by atoms with van der Waals surface area (Å²) in [6, 6.07) is 0. The molecule has 0 unspecified atom stereocenters. The molecule has 0 aliphatic carbocycles. The molecule has 0 saturated heterocycles. The highest BCUT2D eigenvalue weighted by atomic mass is 16.7. The van der Waals surface area contributed by atoms with Gasteiger partial charge in [-0.2, -0.15) is 4.98 Å². The van der Waals surface area contributed by atoms with Crippen molar-refractivity contribution in [2.24, 2.45) is 0 Å². The van der Waals surface area contributed by atoms with Crippen molar-refractivity contribution in [2.75, 3.05) is 18.2 Å². The highest BCUT2D eigenvalue weighted by Crippen LogP contribution is 2.09. The van der Waals surface area contributed by atoms with Gasteiger partial charge in [-0.1, -0.05) is 0 Å². The molecule has 112 valence electrons. The number of hydrogen-bond donors (Lipinski definition) is 1. The molecular weight excluding hydrogens is 282 g/mol. The number of nitrogens with zero attached hydrogens (tertiary/aromatic N) is 4. The first-order valence-electron chi connectivity index (χ1n) is 6.02. The number of hydrogen-bond acceptors (Lipinski definition) is 7. The molecule has 21 heavy (non-hydrogen) atoms. The van der Waals surface area contributed by atoms with Crippen LogP contribution in [0.3, 0.4) is 0 Å². The van der Waals surface area contributed by atoms with Crippen molar-refractivity contribution >= 4 is 29.5 Å². The first-order valence-corrected chi connectivity index (χ1v) is 6.02. The lowest BCUT2D eigenvalue weighted by atomic mass is 10.5. The van der Waals surface area contributed by atoms with Crippen molar-refractivity contribution < 1.29 is 19.2 Å². The Morgan fingerprint density at radius 1 is 1.57 bits per heavy atom. The number of fused-ring (bicyclic) bond motifs is 1. The molecule has 0 aliphatic heterocycles. The Morgan fingerprint density at radius 2 is 2.33 bits per heavy atom. The SMILES string of the molecule is CCOCN(C=O)c1nc2c(ncn2OC(C)=O)c(=O)[nH]1. The number of rotatable bonds is 6. The van der Waals surface area contributed by atoms with Crippen LogP contribution in [-0.4, -0.2) is 45.4 Å². The Morgan fingerprint density at radius 3 is 2.95 bits per heavy atom. The molecule has 0 aliphatic rings. The minimum absolute atomic E-state index is 0.0118. The summed E-state index contributed by atoms with van der Waals surface area (Å²) in [6.07, 6.45) is 1.61. The van der Waals surface area contributed by atoms with Gasteiger partial charge in [-0.15, -0.1) is 4.73 Å². The third-order valence-corrected chi connectivity index (χ3v) is 2.43. The monoisotopic (exact) mass is 295 g/mol. The van der Waals surface area contributed by atoms with Crippen LogP contribution in [0.5, 0.6) is 0 Å². The number of amides is 1. The van der Waals surface area contributed by atoms with Crippen LogP contribution >= 0.6 is 0 Å². The molecule has 0 fully saturated rings. The van der Waals surface area contributed by atoms with E-state index < -0.39 is 11.5 Å². The third kappa shape index (κ3) is 3.05. The van der Waals surface area contributed by atoms with Crippen LogP contribution in [0.1, 0.15) is 13.8 Å². The van der Waals surface area contributed by atoms with Crippen LogP contribution < -0.4 is 15.3 Å². The van der Waals surface area contributed by atoms with Crippen LogP contribution in [0.25, 0.3) is 11.2 Å². The molecule has 2 aromatic rings. The van der Waals surface area contributed by atoms with Gasteiger partial charge in [-0.05, 0) is 6.92 Å².